The molecule has 0 aliphatic heterocycles. The standard InChI is InChI=1S/C23H33NO4/c1-17(2)28-20-10-7-9-19(16-20)12-13-22(25)24(15-14-23(26)27-4)21-11-6-5-8-18(21)3/h7,9-10,12-13,16-18,21H,5-6,8,11,14-15H2,1-4H3/b13-12+. The number of esters is 1. The van der Waals surface area contributed by atoms with Crippen LogP contribution in [-0.2, 0) is 14.3 Å². The van der Waals surface area contributed by atoms with E-state index in [0.29, 0.717) is 12.5 Å². The second kappa shape index (κ2) is 10.9. The van der Waals surface area contributed by atoms with Gasteiger partial charge in [-0.25, -0.2) is 0 Å². The molecule has 1 aromatic rings. The summed E-state index contributed by atoms with van der Waals surface area (Å²) in [5.74, 6) is 0.876. The summed E-state index contributed by atoms with van der Waals surface area (Å²) in [4.78, 5) is 26.4. The van der Waals surface area contributed by atoms with Crippen molar-refractivity contribution in [2.45, 2.75) is 65.0 Å². The number of ether oxygens (including phenoxy) is 2. The van der Waals surface area contributed by atoms with Gasteiger partial charge in [-0.1, -0.05) is 31.9 Å². The van der Waals surface area contributed by atoms with E-state index in [9.17, 15) is 9.59 Å². The highest BCUT2D eigenvalue weighted by Crippen LogP contribution is 2.28. The molecule has 0 saturated heterocycles. The van der Waals surface area contributed by atoms with Crippen molar-refractivity contribution in [1.82, 2.24) is 4.90 Å². The topological polar surface area (TPSA) is 55.8 Å². The van der Waals surface area contributed by atoms with Crippen LogP contribution in [0.4, 0.5) is 0 Å². The number of carbonyl (C=O) groups is 2. The van der Waals surface area contributed by atoms with E-state index in [-0.39, 0.29) is 30.4 Å². The smallest absolute Gasteiger partial charge is 0.307 e. The van der Waals surface area contributed by atoms with Crippen LogP contribution in [0.5, 0.6) is 5.75 Å². The molecule has 154 valence electrons. The van der Waals surface area contributed by atoms with Gasteiger partial charge in [0.15, 0.2) is 0 Å². The Bertz CT molecular complexity index is 683. The van der Waals surface area contributed by atoms with Crippen LogP contribution >= 0.6 is 0 Å². The third-order valence-corrected chi connectivity index (χ3v) is 5.18. The molecule has 0 aromatic heterocycles. The Morgan fingerprint density at radius 2 is 2.00 bits per heavy atom. The molecule has 1 fully saturated rings. The quantitative estimate of drug-likeness (QED) is 0.488. The zero-order valence-corrected chi connectivity index (χ0v) is 17.5. The Kier molecular flexibility index (Phi) is 8.55. The van der Waals surface area contributed by atoms with Gasteiger partial charge in [-0.15, -0.1) is 0 Å². The monoisotopic (exact) mass is 387 g/mol. The van der Waals surface area contributed by atoms with Gasteiger partial charge < -0.3 is 14.4 Å². The van der Waals surface area contributed by atoms with Crippen molar-refractivity contribution in [2.24, 2.45) is 5.92 Å². The van der Waals surface area contributed by atoms with Crippen molar-refractivity contribution < 1.29 is 19.1 Å². The number of carbonyl (C=O) groups excluding carboxylic acids is 2. The first-order valence-electron chi connectivity index (χ1n) is 10.2. The van der Waals surface area contributed by atoms with Crippen LogP contribution in [0, 0.1) is 5.92 Å². The van der Waals surface area contributed by atoms with E-state index in [1.165, 1.54) is 13.5 Å². The lowest BCUT2D eigenvalue weighted by Crippen LogP contribution is -2.45. The fourth-order valence-corrected chi connectivity index (χ4v) is 3.74. The lowest BCUT2D eigenvalue weighted by atomic mass is 9.84. The molecule has 1 aliphatic carbocycles. The lowest BCUT2D eigenvalue weighted by molar-refractivity contribution is -0.142. The minimum Gasteiger partial charge on any atom is -0.491 e. The van der Waals surface area contributed by atoms with Crippen molar-refractivity contribution in [3.8, 4) is 5.75 Å². The Morgan fingerprint density at radius 3 is 2.68 bits per heavy atom. The fourth-order valence-electron chi connectivity index (χ4n) is 3.74. The molecule has 2 rings (SSSR count). The molecule has 28 heavy (non-hydrogen) atoms. The molecule has 1 aromatic carbocycles. The van der Waals surface area contributed by atoms with Crippen LogP contribution in [0.2, 0.25) is 0 Å². The predicted octanol–water partition coefficient (Wildman–Crippen LogP) is 4.46. The molecule has 1 amide bonds. The number of hydrogen-bond donors (Lipinski definition) is 0. The van der Waals surface area contributed by atoms with Crippen LogP contribution in [0.15, 0.2) is 30.3 Å². The van der Waals surface area contributed by atoms with Crippen molar-refractivity contribution in [1.29, 1.82) is 0 Å². The van der Waals surface area contributed by atoms with E-state index in [2.05, 4.69) is 6.92 Å². The highest BCUT2D eigenvalue weighted by Gasteiger charge is 2.29. The number of methoxy groups -OCH3 is 1. The van der Waals surface area contributed by atoms with E-state index in [0.717, 1.165) is 30.6 Å². The van der Waals surface area contributed by atoms with Gasteiger partial charge in [-0.2, -0.15) is 0 Å². The summed E-state index contributed by atoms with van der Waals surface area (Å²) < 4.78 is 10.5. The van der Waals surface area contributed by atoms with Gasteiger partial charge in [0.25, 0.3) is 0 Å². The summed E-state index contributed by atoms with van der Waals surface area (Å²) >= 11 is 0. The predicted molar refractivity (Wildman–Crippen MR) is 111 cm³/mol. The Balaban J connectivity index is 2.12. The summed E-state index contributed by atoms with van der Waals surface area (Å²) in [7, 11) is 1.38. The first kappa shape index (κ1) is 22.0. The average molecular weight is 388 g/mol. The molecule has 0 radical (unpaired) electrons. The van der Waals surface area contributed by atoms with Gasteiger partial charge in [-0.05, 0) is 56.4 Å². The zero-order chi connectivity index (χ0) is 20.5. The molecule has 0 bridgehead atoms. The number of rotatable bonds is 8. The maximum Gasteiger partial charge on any atom is 0.307 e. The molecule has 1 aliphatic rings. The van der Waals surface area contributed by atoms with Crippen LogP contribution < -0.4 is 4.74 Å². The third kappa shape index (κ3) is 6.70. The Morgan fingerprint density at radius 1 is 1.25 bits per heavy atom. The molecule has 2 unspecified atom stereocenters. The van der Waals surface area contributed by atoms with Gasteiger partial charge in [-0.3, -0.25) is 9.59 Å². The number of nitrogens with zero attached hydrogens (tertiary/aromatic N) is 1. The second-order valence-corrected chi connectivity index (χ2v) is 7.76. The van der Waals surface area contributed by atoms with Crippen LogP contribution in [0.3, 0.4) is 0 Å². The van der Waals surface area contributed by atoms with Gasteiger partial charge in [0.1, 0.15) is 5.75 Å². The summed E-state index contributed by atoms with van der Waals surface area (Å²) in [6.07, 6.45) is 8.16. The fraction of sp³-hybridized carbons (Fsp3) is 0.565. The summed E-state index contributed by atoms with van der Waals surface area (Å²) in [6, 6.07) is 7.86. The minimum absolute atomic E-state index is 0.0576. The largest absolute Gasteiger partial charge is 0.491 e. The molecular weight excluding hydrogens is 354 g/mol. The van der Waals surface area contributed by atoms with Crippen molar-refractivity contribution >= 4 is 18.0 Å². The zero-order valence-electron chi connectivity index (χ0n) is 17.5. The molecule has 1 saturated carbocycles. The molecule has 5 heteroatoms. The summed E-state index contributed by atoms with van der Waals surface area (Å²) in [5.41, 5.74) is 0.913. The highest BCUT2D eigenvalue weighted by atomic mass is 16.5. The Labute approximate surface area is 168 Å². The first-order chi connectivity index (χ1) is 13.4. The van der Waals surface area contributed by atoms with E-state index >= 15 is 0 Å². The van der Waals surface area contributed by atoms with Crippen molar-refractivity contribution in [3.05, 3.63) is 35.9 Å². The molecule has 0 heterocycles. The summed E-state index contributed by atoms with van der Waals surface area (Å²) in [6.45, 7) is 6.55. The minimum atomic E-state index is -0.288. The van der Waals surface area contributed by atoms with Gasteiger partial charge in [0, 0.05) is 18.7 Å². The van der Waals surface area contributed by atoms with Gasteiger partial charge >= 0.3 is 5.97 Å². The van der Waals surface area contributed by atoms with Crippen LogP contribution in [0.25, 0.3) is 6.08 Å². The lowest BCUT2D eigenvalue weighted by Gasteiger charge is -2.38. The van der Waals surface area contributed by atoms with Gasteiger partial charge in [0.2, 0.25) is 5.91 Å². The molecule has 0 spiro atoms. The Hall–Kier alpha value is -2.30. The average Bonchev–Trinajstić information content (AvgIpc) is 2.67. The SMILES string of the molecule is COC(=O)CCN(C(=O)/C=C/c1cccc(OC(C)C)c1)C1CCCCC1C. The highest BCUT2D eigenvalue weighted by molar-refractivity contribution is 5.92. The van der Waals surface area contributed by atoms with E-state index in [1.807, 2.05) is 49.1 Å². The number of amides is 1. The number of hydrogen-bond acceptors (Lipinski definition) is 4. The molecule has 0 N–H and O–H groups in total. The van der Waals surface area contributed by atoms with E-state index in [4.69, 9.17) is 9.47 Å². The molecule has 5 nitrogen and oxygen atoms in total. The molecule has 2 atom stereocenters. The maximum absolute atomic E-state index is 13.0. The third-order valence-electron chi connectivity index (χ3n) is 5.18. The number of benzene rings is 1. The normalized spacial score (nSPS) is 19.6. The second-order valence-electron chi connectivity index (χ2n) is 7.76. The van der Waals surface area contributed by atoms with Crippen molar-refractivity contribution in [3.63, 3.8) is 0 Å². The maximum atomic E-state index is 13.0. The van der Waals surface area contributed by atoms with Crippen molar-refractivity contribution in [2.75, 3.05) is 13.7 Å². The van der Waals surface area contributed by atoms with Crippen LogP contribution in [-0.4, -0.2) is 42.6 Å². The molecular formula is C23H33NO4. The first-order valence-corrected chi connectivity index (χ1v) is 10.2. The van der Waals surface area contributed by atoms with E-state index < -0.39 is 0 Å². The van der Waals surface area contributed by atoms with Gasteiger partial charge in [0.05, 0.1) is 19.6 Å². The van der Waals surface area contributed by atoms with E-state index in [1.54, 1.807) is 6.08 Å². The van der Waals surface area contributed by atoms with Crippen LogP contribution in [0.1, 0.15) is 58.4 Å². The summed E-state index contributed by atoms with van der Waals surface area (Å²) in [5, 5.41) is 0.